The number of aromatic nitrogens is 2. The minimum absolute atomic E-state index is 0.288. The van der Waals surface area contributed by atoms with Gasteiger partial charge in [0.15, 0.2) is 0 Å². The normalized spacial score (nSPS) is 11.6. The Morgan fingerprint density at radius 1 is 1.77 bits per heavy atom. The maximum Gasteiger partial charge on any atom is 0.306 e. The monoisotopic (exact) mass is 191 g/mol. The molecule has 0 aromatic carbocycles. The van der Waals surface area contributed by atoms with Crippen molar-refractivity contribution in [2.75, 3.05) is 0 Å². The second kappa shape index (κ2) is 3.08. The Kier molecular flexibility index (Phi) is 2.26. The van der Waals surface area contributed by atoms with Crippen LogP contribution in [0.25, 0.3) is 0 Å². The van der Waals surface area contributed by atoms with E-state index in [1.807, 2.05) is 0 Å². The summed E-state index contributed by atoms with van der Waals surface area (Å²) in [5, 5.41) is 13.6. The van der Waals surface area contributed by atoms with Gasteiger partial charge in [-0.05, 0) is 0 Å². The molecular weight excluding hydrogens is 184 g/mol. The van der Waals surface area contributed by atoms with Crippen LogP contribution >= 0.6 is 0 Å². The van der Waals surface area contributed by atoms with Gasteiger partial charge in [-0.2, -0.15) is 5.10 Å². The molecule has 0 aliphatic rings. The lowest BCUT2D eigenvalue weighted by Crippen LogP contribution is -2.19. The van der Waals surface area contributed by atoms with Crippen LogP contribution in [0.1, 0.15) is 6.92 Å². The summed E-state index contributed by atoms with van der Waals surface area (Å²) in [6.45, 7) is 0.0708. The first kappa shape index (κ1) is 9.56. The van der Waals surface area contributed by atoms with Crippen molar-refractivity contribution in [3.63, 3.8) is 0 Å². The van der Waals surface area contributed by atoms with Crippen LogP contribution in [0.2, 0.25) is 0 Å². The molecular formula is C6H7F2N3O2. The maximum atomic E-state index is 12.4. The molecule has 1 heterocycles. The van der Waals surface area contributed by atoms with E-state index in [-0.39, 0.29) is 5.69 Å². The van der Waals surface area contributed by atoms with Crippen molar-refractivity contribution >= 4 is 5.69 Å². The summed E-state index contributed by atoms with van der Waals surface area (Å²) in [5.74, 6) is -2.92. The summed E-state index contributed by atoms with van der Waals surface area (Å²) in [4.78, 5) is 9.46. The van der Waals surface area contributed by atoms with E-state index in [1.165, 1.54) is 0 Å². The van der Waals surface area contributed by atoms with Gasteiger partial charge in [-0.1, -0.05) is 0 Å². The first-order chi connectivity index (χ1) is 5.88. The third kappa shape index (κ3) is 2.77. The Morgan fingerprint density at radius 3 is 2.77 bits per heavy atom. The van der Waals surface area contributed by atoms with Crippen molar-refractivity contribution in [1.82, 2.24) is 9.78 Å². The minimum atomic E-state index is -2.92. The van der Waals surface area contributed by atoms with Crippen LogP contribution in [0.5, 0.6) is 0 Å². The molecule has 0 radical (unpaired) electrons. The number of nitro groups is 1. The molecule has 0 saturated carbocycles. The maximum absolute atomic E-state index is 12.4. The molecule has 0 N–H and O–H groups in total. The predicted octanol–water partition coefficient (Wildman–Crippen LogP) is 1.45. The Bertz CT molecular complexity index is 318. The number of hydrogen-bond donors (Lipinski definition) is 0. The molecule has 1 aromatic heterocycles. The predicted molar refractivity (Wildman–Crippen MR) is 39.5 cm³/mol. The molecule has 0 unspecified atom stereocenters. The van der Waals surface area contributed by atoms with Crippen molar-refractivity contribution in [2.24, 2.45) is 0 Å². The first-order valence-corrected chi connectivity index (χ1v) is 3.43. The largest absolute Gasteiger partial charge is 0.306 e. The van der Waals surface area contributed by atoms with Crippen LogP contribution < -0.4 is 0 Å². The van der Waals surface area contributed by atoms with Crippen molar-refractivity contribution in [1.29, 1.82) is 0 Å². The molecule has 0 aliphatic carbocycles. The summed E-state index contributed by atoms with van der Waals surface area (Å²) < 4.78 is 25.6. The fourth-order valence-corrected chi connectivity index (χ4v) is 0.818. The highest BCUT2D eigenvalue weighted by atomic mass is 19.3. The Morgan fingerprint density at radius 2 is 2.38 bits per heavy atom. The van der Waals surface area contributed by atoms with E-state index in [9.17, 15) is 18.9 Å². The fraction of sp³-hybridized carbons (Fsp3) is 0.500. The molecule has 7 heteroatoms. The van der Waals surface area contributed by atoms with Crippen LogP contribution in [0, 0.1) is 10.1 Å². The number of halogens is 2. The molecule has 1 rings (SSSR count). The molecule has 1 aromatic rings. The van der Waals surface area contributed by atoms with Gasteiger partial charge in [0.1, 0.15) is 18.9 Å². The summed E-state index contributed by atoms with van der Waals surface area (Å²) in [5.41, 5.74) is -0.288. The van der Waals surface area contributed by atoms with E-state index >= 15 is 0 Å². The van der Waals surface area contributed by atoms with Gasteiger partial charge < -0.3 is 0 Å². The second-order valence-corrected chi connectivity index (χ2v) is 2.72. The zero-order valence-electron chi connectivity index (χ0n) is 6.78. The summed E-state index contributed by atoms with van der Waals surface area (Å²) in [7, 11) is 0. The summed E-state index contributed by atoms with van der Waals surface area (Å²) in [6, 6.07) is 0. The molecule has 13 heavy (non-hydrogen) atoms. The molecule has 0 amide bonds. The van der Waals surface area contributed by atoms with Crippen molar-refractivity contribution in [2.45, 2.75) is 19.4 Å². The lowest BCUT2D eigenvalue weighted by Gasteiger charge is -2.08. The van der Waals surface area contributed by atoms with Gasteiger partial charge in [0.2, 0.25) is 0 Å². The van der Waals surface area contributed by atoms with Gasteiger partial charge in [0.05, 0.1) is 4.92 Å². The Hall–Kier alpha value is -1.53. The fourth-order valence-electron chi connectivity index (χ4n) is 0.818. The second-order valence-electron chi connectivity index (χ2n) is 2.72. The highest BCUT2D eigenvalue weighted by molar-refractivity contribution is 5.20. The molecule has 5 nitrogen and oxygen atoms in total. The first-order valence-electron chi connectivity index (χ1n) is 3.43. The van der Waals surface area contributed by atoms with E-state index in [0.29, 0.717) is 0 Å². The molecule has 0 atom stereocenters. The molecule has 72 valence electrons. The minimum Gasteiger partial charge on any atom is -0.260 e. The third-order valence-electron chi connectivity index (χ3n) is 1.27. The molecule has 0 aliphatic heterocycles. The van der Waals surface area contributed by atoms with Gasteiger partial charge in [-0.3, -0.25) is 14.8 Å². The number of rotatable bonds is 3. The number of alkyl halides is 2. The van der Waals surface area contributed by atoms with Crippen LogP contribution in [-0.2, 0) is 6.54 Å². The molecule has 0 saturated heterocycles. The summed E-state index contributed by atoms with van der Waals surface area (Å²) in [6.07, 6.45) is 1.91. The van der Waals surface area contributed by atoms with E-state index in [4.69, 9.17) is 0 Å². The van der Waals surface area contributed by atoms with Crippen molar-refractivity contribution in [3.8, 4) is 0 Å². The third-order valence-corrected chi connectivity index (χ3v) is 1.27. The van der Waals surface area contributed by atoms with Gasteiger partial charge >= 0.3 is 5.69 Å². The topological polar surface area (TPSA) is 61.0 Å². The quantitative estimate of drug-likeness (QED) is 0.536. The van der Waals surface area contributed by atoms with Crippen LogP contribution in [0.15, 0.2) is 12.4 Å². The van der Waals surface area contributed by atoms with E-state index in [2.05, 4.69) is 5.10 Å². The summed E-state index contributed by atoms with van der Waals surface area (Å²) >= 11 is 0. The average molecular weight is 191 g/mol. The molecule has 0 bridgehead atoms. The van der Waals surface area contributed by atoms with Gasteiger partial charge in [0.25, 0.3) is 5.92 Å². The standard InChI is InChI=1S/C6H7F2N3O2/c1-6(7,8)4-10-3-5(2-9-10)11(12)13/h2-3H,4H2,1H3. The lowest BCUT2D eigenvalue weighted by molar-refractivity contribution is -0.385. The van der Waals surface area contributed by atoms with Crippen LogP contribution in [-0.4, -0.2) is 20.6 Å². The molecule has 0 spiro atoms. The SMILES string of the molecule is CC(F)(F)Cn1cc([N+](=O)[O-])cn1. The lowest BCUT2D eigenvalue weighted by atomic mass is 10.4. The Labute approximate surface area is 72.1 Å². The highest BCUT2D eigenvalue weighted by Crippen LogP contribution is 2.16. The smallest absolute Gasteiger partial charge is 0.260 e. The van der Waals surface area contributed by atoms with E-state index < -0.39 is 17.4 Å². The van der Waals surface area contributed by atoms with Crippen molar-refractivity contribution in [3.05, 3.63) is 22.5 Å². The number of nitrogens with zero attached hydrogens (tertiary/aromatic N) is 3. The molecule has 0 fully saturated rings. The van der Waals surface area contributed by atoms with Gasteiger partial charge in [0, 0.05) is 6.92 Å². The van der Waals surface area contributed by atoms with Crippen LogP contribution in [0.3, 0.4) is 0 Å². The zero-order valence-corrected chi connectivity index (χ0v) is 6.78. The van der Waals surface area contributed by atoms with E-state index in [0.717, 1.165) is 24.0 Å². The highest BCUT2D eigenvalue weighted by Gasteiger charge is 2.23. The van der Waals surface area contributed by atoms with E-state index in [1.54, 1.807) is 0 Å². The van der Waals surface area contributed by atoms with Gasteiger partial charge in [-0.15, -0.1) is 0 Å². The van der Waals surface area contributed by atoms with Crippen molar-refractivity contribution < 1.29 is 13.7 Å². The van der Waals surface area contributed by atoms with Gasteiger partial charge in [-0.25, -0.2) is 8.78 Å². The van der Waals surface area contributed by atoms with Crippen LogP contribution in [0.4, 0.5) is 14.5 Å². The zero-order chi connectivity index (χ0) is 10.1. The Balaban J connectivity index is 2.75. The average Bonchev–Trinajstić information content (AvgIpc) is 2.31. The number of hydrogen-bond acceptors (Lipinski definition) is 3.